The second-order valence-electron chi connectivity index (χ2n) is 3.69. The third kappa shape index (κ3) is 1.08. The van der Waals surface area contributed by atoms with Crippen molar-refractivity contribution >= 4 is 0 Å². The van der Waals surface area contributed by atoms with E-state index in [0.717, 1.165) is 5.92 Å². The molecule has 0 spiro atoms. The van der Waals surface area contributed by atoms with E-state index in [2.05, 4.69) is 25.6 Å². The lowest BCUT2D eigenvalue weighted by Crippen LogP contribution is -2.03. The van der Waals surface area contributed by atoms with Crippen LogP contribution in [-0.2, 0) is 0 Å². The van der Waals surface area contributed by atoms with Gasteiger partial charge < -0.3 is 0 Å². The number of rotatable bonds is 1. The fourth-order valence-corrected chi connectivity index (χ4v) is 1.44. The van der Waals surface area contributed by atoms with Crippen LogP contribution >= 0.6 is 0 Å². The Labute approximate surface area is 56.9 Å². The van der Waals surface area contributed by atoms with Crippen LogP contribution in [0.2, 0.25) is 0 Å². The Morgan fingerprint density at radius 2 is 2.11 bits per heavy atom. The molecular formula is C8H14N+. The fourth-order valence-electron chi connectivity index (χ4n) is 1.44. The molecule has 0 bridgehead atoms. The van der Waals surface area contributed by atoms with Crippen molar-refractivity contribution in [1.29, 1.82) is 0 Å². The molecule has 0 aromatic carbocycles. The Bertz CT molecular complexity index is 152. The van der Waals surface area contributed by atoms with Crippen LogP contribution in [0.5, 0.6) is 0 Å². The average Bonchev–Trinajstić information content (AvgIpc) is 2.38. The molecule has 0 N–H and O–H groups in total. The molecule has 2 unspecified atom stereocenters. The normalized spacial score (nSPS) is 32.9. The molecule has 1 saturated carbocycles. The Morgan fingerprint density at radius 1 is 1.67 bits per heavy atom. The minimum atomic E-state index is 0.361. The van der Waals surface area contributed by atoms with Gasteiger partial charge in [-0.15, -0.1) is 0 Å². The van der Waals surface area contributed by atoms with Crippen LogP contribution in [0, 0.1) is 17.9 Å². The third-order valence-electron chi connectivity index (χ3n) is 2.41. The van der Waals surface area contributed by atoms with E-state index in [1.165, 1.54) is 6.42 Å². The van der Waals surface area contributed by atoms with E-state index >= 15 is 0 Å². The first-order valence-corrected chi connectivity index (χ1v) is 3.48. The van der Waals surface area contributed by atoms with Crippen molar-refractivity contribution in [3.05, 3.63) is 4.85 Å². The van der Waals surface area contributed by atoms with Crippen LogP contribution in [0.4, 0.5) is 0 Å². The molecule has 0 aliphatic heterocycles. The minimum Gasteiger partial charge on any atom is -0.0836 e. The highest BCUT2D eigenvalue weighted by Crippen LogP contribution is 2.54. The van der Waals surface area contributed by atoms with Crippen LogP contribution < -0.4 is 0 Å². The van der Waals surface area contributed by atoms with Gasteiger partial charge in [-0.05, 0) is 11.8 Å². The Hall–Kier alpha value is -0.510. The average molecular weight is 124 g/mol. The summed E-state index contributed by atoms with van der Waals surface area (Å²) in [6.07, 6.45) is 1.29. The molecule has 50 valence electrons. The molecule has 1 fully saturated rings. The highest BCUT2D eigenvalue weighted by atomic mass is 14.8. The highest BCUT2D eigenvalue weighted by molar-refractivity contribution is 5.04. The molecule has 9 heavy (non-hydrogen) atoms. The van der Waals surface area contributed by atoms with Crippen molar-refractivity contribution in [2.75, 3.05) is 0 Å². The summed E-state index contributed by atoms with van der Waals surface area (Å²) in [5.74, 6) is 0.738. The number of hydrogen-bond acceptors (Lipinski definition) is 0. The molecule has 0 radical (unpaired) electrons. The van der Waals surface area contributed by atoms with Crippen LogP contribution in [0.15, 0.2) is 0 Å². The minimum absolute atomic E-state index is 0.361. The summed E-state index contributed by atoms with van der Waals surface area (Å²) < 4.78 is 0. The summed E-state index contributed by atoms with van der Waals surface area (Å²) in [6, 6.07) is 0.361. The van der Waals surface area contributed by atoms with Crippen molar-refractivity contribution < 1.29 is 0 Å². The van der Waals surface area contributed by atoms with Gasteiger partial charge in [0.15, 0.2) is 0 Å². The van der Waals surface area contributed by atoms with Crippen LogP contribution in [-0.4, -0.2) is 6.04 Å². The summed E-state index contributed by atoms with van der Waals surface area (Å²) in [7, 11) is 0. The standard InChI is InChI=1S/C8H14N/c1-6(9-4)7-5-8(7,2)3/h4,6-7H,5H2,1-3H3/q+1. The number of hydrogen-bond donors (Lipinski definition) is 0. The predicted octanol–water partition coefficient (Wildman–Crippen LogP) is 2.38. The van der Waals surface area contributed by atoms with Crippen molar-refractivity contribution in [3.8, 4) is 6.57 Å². The lowest BCUT2D eigenvalue weighted by atomic mass is 10.1. The maximum absolute atomic E-state index is 5.16. The molecule has 0 heterocycles. The zero-order valence-electron chi connectivity index (χ0n) is 6.39. The molecule has 1 aliphatic carbocycles. The topological polar surface area (TPSA) is 4.36 Å². The van der Waals surface area contributed by atoms with Gasteiger partial charge in [0, 0.05) is 12.8 Å². The quantitative estimate of drug-likeness (QED) is 0.505. The van der Waals surface area contributed by atoms with Gasteiger partial charge in [-0.1, -0.05) is 18.7 Å². The van der Waals surface area contributed by atoms with Crippen molar-refractivity contribution in [1.82, 2.24) is 0 Å². The first kappa shape index (κ1) is 6.61. The molecule has 2 atom stereocenters. The van der Waals surface area contributed by atoms with E-state index in [9.17, 15) is 0 Å². The first-order chi connectivity index (χ1) is 4.08. The van der Waals surface area contributed by atoms with Crippen LogP contribution in [0.3, 0.4) is 0 Å². The first-order valence-electron chi connectivity index (χ1n) is 3.48. The Kier molecular flexibility index (Phi) is 1.27. The third-order valence-corrected chi connectivity index (χ3v) is 2.41. The van der Waals surface area contributed by atoms with Gasteiger partial charge in [0.1, 0.15) is 0 Å². The lowest BCUT2D eigenvalue weighted by molar-refractivity contribution is 0.533. The molecule has 1 rings (SSSR count). The summed E-state index contributed by atoms with van der Waals surface area (Å²) >= 11 is 0. The zero-order valence-corrected chi connectivity index (χ0v) is 6.39. The summed E-state index contributed by atoms with van der Waals surface area (Å²) in [5, 5.41) is 0. The van der Waals surface area contributed by atoms with E-state index < -0.39 is 0 Å². The molecular weight excluding hydrogens is 110 g/mol. The van der Waals surface area contributed by atoms with Crippen molar-refractivity contribution in [2.45, 2.75) is 33.2 Å². The lowest BCUT2D eigenvalue weighted by Gasteiger charge is -1.96. The molecule has 1 nitrogen and oxygen atoms in total. The summed E-state index contributed by atoms with van der Waals surface area (Å²) in [5.41, 5.74) is 0.516. The van der Waals surface area contributed by atoms with Gasteiger partial charge in [-0.25, -0.2) is 0 Å². The van der Waals surface area contributed by atoms with Gasteiger partial charge in [0.05, 0.1) is 0 Å². The van der Waals surface area contributed by atoms with Gasteiger partial charge in [-0.3, -0.25) is 0 Å². The van der Waals surface area contributed by atoms with Gasteiger partial charge >= 0.3 is 0 Å². The highest BCUT2D eigenvalue weighted by Gasteiger charge is 2.53. The van der Waals surface area contributed by atoms with E-state index in [4.69, 9.17) is 6.57 Å². The van der Waals surface area contributed by atoms with Gasteiger partial charge in [0.25, 0.3) is 12.6 Å². The van der Waals surface area contributed by atoms with Crippen molar-refractivity contribution in [2.24, 2.45) is 11.3 Å². The van der Waals surface area contributed by atoms with Gasteiger partial charge in [0.2, 0.25) is 0 Å². The smallest absolute Gasteiger partial charge is 0.0836 e. The molecule has 0 saturated heterocycles. The largest absolute Gasteiger partial charge is 0.272 e. The molecule has 1 heteroatoms. The number of nitrogens with zero attached hydrogens (tertiary/aromatic N) is 1. The van der Waals surface area contributed by atoms with E-state index in [1.807, 2.05) is 0 Å². The maximum Gasteiger partial charge on any atom is 0.272 e. The predicted molar refractivity (Wildman–Crippen MR) is 39.7 cm³/mol. The van der Waals surface area contributed by atoms with E-state index in [0.29, 0.717) is 11.5 Å². The second kappa shape index (κ2) is 1.73. The van der Waals surface area contributed by atoms with Crippen LogP contribution in [0.25, 0.3) is 4.85 Å². The van der Waals surface area contributed by atoms with Gasteiger partial charge in [-0.2, -0.15) is 0 Å². The Morgan fingerprint density at radius 3 is 2.22 bits per heavy atom. The molecule has 0 amide bonds. The van der Waals surface area contributed by atoms with E-state index in [1.54, 1.807) is 0 Å². The molecule has 0 aromatic rings. The zero-order chi connectivity index (χ0) is 7.07. The maximum atomic E-state index is 5.16. The Balaban J connectivity index is 2.45. The van der Waals surface area contributed by atoms with E-state index in [-0.39, 0.29) is 0 Å². The molecule has 0 aromatic heterocycles. The SMILES string of the molecule is C#[N+]C(C)C1CC1(C)C. The summed E-state index contributed by atoms with van der Waals surface area (Å²) in [6.45, 7) is 11.8. The summed E-state index contributed by atoms with van der Waals surface area (Å²) in [4.78, 5) is 3.75. The van der Waals surface area contributed by atoms with Crippen LogP contribution in [0.1, 0.15) is 27.2 Å². The molecule has 1 aliphatic rings. The van der Waals surface area contributed by atoms with Crippen molar-refractivity contribution in [3.63, 3.8) is 0 Å². The monoisotopic (exact) mass is 124 g/mol. The second-order valence-corrected chi connectivity index (χ2v) is 3.69. The fraction of sp³-hybridized carbons (Fsp3) is 0.875.